The van der Waals surface area contributed by atoms with Crippen molar-refractivity contribution in [3.05, 3.63) is 47.2 Å². The molecule has 0 saturated carbocycles. The van der Waals surface area contributed by atoms with E-state index >= 15 is 0 Å². The predicted molar refractivity (Wildman–Crippen MR) is 137 cm³/mol. The summed E-state index contributed by atoms with van der Waals surface area (Å²) in [7, 11) is 0. The van der Waals surface area contributed by atoms with Gasteiger partial charge in [0.05, 0.1) is 5.52 Å². The third kappa shape index (κ3) is 5.31. The number of rotatable bonds is 7. The highest BCUT2D eigenvalue weighted by atomic mass is 35.5. The van der Waals surface area contributed by atoms with Gasteiger partial charge in [0.1, 0.15) is 5.82 Å². The maximum Gasteiger partial charge on any atom is 0.227 e. The molecule has 2 aromatic heterocycles. The van der Waals surface area contributed by atoms with Crippen LogP contribution in [0.4, 0.5) is 17.5 Å². The van der Waals surface area contributed by atoms with Gasteiger partial charge in [-0.1, -0.05) is 11.6 Å². The third-order valence-electron chi connectivity index (χ3n) is 6.59. The number of hydrogen-bond donors (Lipinski definition) is 1. The van der Waals surface area contributed by atoms with Crippen LogP contribution in [-0.4, -0.2) is 72.2 Å². The highest BCUT2D eigenvalue weighted by Gasteiger charge is 2.21. The van der Waals surface area contributed by atoms with Gasteiger partial charge in [-0.15, -0.1) is 0 Å². The highest BCUT2D eigenvalue weighted by molar-refractivity contribution is 6.31. The fraction of sp³-hybridized carbons (Fsp3) is 0.480. The monoisotopic (exact) mass is 465 g/mol. The summed E-state index contributed by atoms with van der Waals surface area (Å²) in [6.45, 7) is 10.4. The Morgan fingerprint density at radius 1 is 0.939 bits per heavy atom. The minimum absolute atomic E-state index is 0.718. The molecular formula is C25H32ClN7. The van der Waals surface area contributed by atoms with Gasteiger partial charge >= 0.3 is 0 Å². The molecule has 7 nitrogen and oxygen atoms in total. The van der Waals surface area contributed by atoms with E-state index < -0.39 is 0 Å². The minimum Gasteiger partial charge on any atom is -0.384 e. The zero-order valence-electron chi connectivity index (χ0n) is 19.3. The van der Waals surface area contributed by atoms with Crippen molar-refractivity contribution in [2.24, 2.45) is 0 Å². The first-order chi connectivity index (χ1) is 16.2. The van der Waals surface area contributed by atoms with E-state index in [0.717, 1.165) is 97.9 Å². The predicted octanol–water partition coefficient (Wildman–Crippen LogP) is 4.21. The Hall–Kier alpha value is -2.64. The molecule has 2 aliphatic heterocycles. The van der Waals surface area contributed by atoms with E-state index in [1.54, 1.807) is 0 Å². The number of piperazine rings is 1. The van der Waals surface area contributed by atoms with Crippen LogP contribution in [0.3, 0.4) is 0 Å². The van der Waals surface area contributed by atoms with Crippen LogP contribution in [0, 0.1) is 6.92 Å². The van der Waals surface area contributed by atoms with Crippen LogP contribution in [0.5, 0.6) is 0 Å². The van der Waals surface area contributed by atoms with Gasteiger partial charge in [-0.2, -0.15) is 4.98 Å². The Labute approximate surface area is 200 Å². The molecule has 0 bridgehead atoms. The molecule has 5 rings (SSSR count). The molecule has 1 aromatic carbocycles. The average molecular weight is 466 g/mol. The maximum absolute atomic E-state index is 6.10. The smallest absolute Gasteiger partial charge is 0.227 e. The molecule has 33 heavy (non-hydrogen) atoms. The molecule has 0 spiro atoms. The van der Waals surface area contributed by atoms with E-state index in [9.17, 15) is 0 Å². The second kappa shape index (κ2) is 10.1. The fourth-order valence-electron chi connectivity index (χ4n) is 4.76. The summed E-state index contributed by atoms with van der Waals surface area (Å²) in [5.41, 5.74) is 3.10. The normalized spacial score (nSPS) is 17.2. The number of benzene rings is 1. The van der Waals surface area contributed by atoms with Crippen molar-refractivity contribution >= 4 is 40.0 Å². The van der Waals surface area contributed by atoms with Crippen LogP contribution in [0.15, 0.2) is 36.5 Å². The molecular weight excluding hydrogens is 434 g/mol. The Morgan fingerprint density at radius 3 is 2.58 bits per heavy atom. The zero-order valence-corrected chi connectivity index (χ0v) is 20.1. The maximum atomic E-state index is 6.10. The summed E-state index contributed by atoms with van der Waals surface area (Å²) in [4.78, 5) is 21.3. The van der Waals surface area contributed by atoms with Gasteiger partial charge in [-0.05, 0) is 57.0 Å². The molecule has 174 valence electrons. The largest absolute Gasteiger partial charge is 0.384 e. The summed E-state index contributed by atoms with van der Waals surface area (Å²) in [6, 6.07) is 10.0. The van der Waals surface area contributed by atoms with Gasteiger partial charge in [0.2, 0.25) is 5.95 Å². The van der Waals surface area contributed by atoms with Crippen LogP contribution in [0.2, 0.25) is 5.02 Å². The lowest BCUT2D eigenvalue weighted by molar-refractivity contribution is 0.256. The molecule has 0 aliphatic carbocycles. The van der Waals surface area contributed by atoms with Crippen molar-refractivity contribution in [2.45, 2.75) is 26.2 Å². The number of aryl methyl sites for hydroxylation is 1. The second-order valence-electron chi connectivity index (χ2n) is 8.99. The van der Waals surface area contributed by atoms with E-state index in [2.05, 4.69) is 43.0 Å². The highest BCUT2D eigenvalue weighted by Crippen LogP contribution is 2.25. The van der Waals surface area contributed by atoms with E-state index in [0.29, 0.717) is 0 Å². The van der Waals surface area contributed by atoms with Crippen molar-refractivity contribution in [2.75, 3.05) is 67.5 Å². The Bertz CT molecular complexity index is 1090. The molecule has 0 amide bonds. The summed E-state index contributed by atoms with van der Waals surface area (Å²) in [5.74, 6) is 1.98. The summed E-state index contributed by atoms with van der Waals surface area (Å²) >= 11 is 6.10. The first-order valence-electron chi connectivity index (χ1n) is 12.0. The van der Waals surface area contributed by atoms with Crippen molar-refractivity contribution in [3.8, 4) is 0 Å². The van der Waals surface area contributed by atoms with E-state index in [1.165, 1.54) is 12.8 Å². The van der Waals surface area contributed by atoms with Crippen molar-refractivity contribution < 1.29 is 0 Å². The minimum atomic E-state index is 0.718. The molecule has 8 heteroatoms. The number of fused-ring (bicyclic) bond motifs is 1. The van der Waals surface area contributed by atoms with Crippen LogP contribution >= 0.6 is 11.6 Å². The molecule has 0 radical (unpaired) electrons. The van der Waals surface area contributed by atoms with E-state index in [1.807, 2.05) is 30.5 Å². The number of halogens is 1. The topological polar surface area (TPSA) is 60.4 Å². The lowest BCUT2D eigenvalue weighted by atomic mass is 10.2. The van der Waals surface area contributed by atoms with Gasteiger partial charge < -0.3 is 15.1 Å². The van der Waals surface area contributed by atoms with Gasteiger partial charge in [0, 0.05) is 79.9 Å². The summed E-state index contributed by atoms with van der Waals surface area (Å²) in [5, 5.41) is 5.41. The van der Waals surface area contributed by atoms with Crippen LogP contribution in [0.25, 0.3) is 10.9 Å². The number of aromatic nitrogens is 3. The van der Waals surface area contributed by atoms with Crippen LogP contribution in [-0.2, 0) is 0 Å². The SMILES string of the molecule is Cc1cc(N2CCN(CCCNc3ccnc4cc(Cl)ccc34)CC2)nc(N2CCCC2)n1. The zero-order chi connectivity index (χ0) is 22.6. The van der Waals surface area contributed by atoms with E-state index in [4.69, 9.17) is 16.6 Å². The summed E-state index contributed by atoms with van der Waals surface area (Å²) < 4.78 is 0. The Kier molecular flexibility index (Phi) is 6.78. The van der Waals surface area contributed by atoms with Crippen molar-refractivity contribution in [3.63, 3.8) is 0 Å². The fourth-order valence-corrected chi connectivity index (χ4v) is 4.93. The molecule has 3 aromatic rings. The quantitative estimate of drug-likeness (QED) is 0.524. The van der Waals surface area contributed by atoms with Gasteiger partial charge in [0.25, 0.3) is 0 Å². The second-order valence-corrected chi connectivity index (χ2v) is 9.43. The molecule has 2 fully saturated rings. The van der Waals surface area contributed by atoms with Gasteiger partial charge in [-0.3, -0.25) is 9.88 Å². The molecule has 0 unspecified atom stereocenters. The first kappa shape index (κ1) is 22.2. The Balaban J connectivity index is 1.10. The van der Waals surface area contributed by atoms with Gasteiger partial charge in [0.15, 0.2) is 0 Å². The molecule has 4 heterocycles. The number of hydrogen-bond acceptors (Lipinski definition) is 7. The Morgan fingerprint density at radius 2 is 1.76 bits per heavy atom. The lowest BCUT2D eigenvalue weighted by Gasteiger charge is -2.35. The third-order valence-corrected chi connectivity index (χ3v) is 6.82. The molecule has 2 aliphatic rings. The standard InChI is InChI=1S/C25H32ClN7/c1-19-17-24(30-25(29-19)33-11-2-3-12-33)32-15-13-31(14-16-32)10-4-8-27-22-7-9-28-23-18-20(26)5-6-21(22)23/h5-7,9,17-18H,2-4,8,10-16H2,1H3,(H,27,28). The van der Waals surface area contributed by atoms with Gasteiger partial charge in [-0.25, -0.2) is 4.98 Å². The first-order valence-corrected chi connectivity index (χ1v) is 12.4. The van der Waals surface area contributed by atoms with Crippen LogP contribution in [0.1, 0.15) is 25.0 Å². The lowest BCUT2D eigenvalue weighted by Crippen LogP contribution is -2.47. The van der Waals surface area contributed by atoms with Crippen molar-refractivity contribution in [1.29, 1.82) is 0 Å². The van der Waals surface area contributed by atoms with Crippen molar-refractivity contribution in [1.82, 2.24) is 19.9 Å². The molecule has 1 N–H and O–H groups in total. The number of pyridine rings is 1. The number of nitrogens with one attached hydrogen (secondary N) is 1. The number of nitrogens with zero attached hydrogens (tertiary/aromatic N) is 6. The summed E-state index contributed by atoms with van der Waals surface area (Å²) in [6.07, 6.45) is 5.42. The number of anilines is 3. The molecule has 0 atom stereocenters. The molecule has 2 saturated heterocycles. The average Bonchev–Trinajstić information content (AvgIpc) is 3.37. The van der Waals surface area contributed by atoms with E-state index in [-0.39, 0.29) is 0 Å². The van der Waals surface area contributed by atoms with Crippen LogP contribution < -0.4 is 15.1 Å².